The molecule has 17 heavy (non-hydrogen) atoms. The van der Waals surface area contributed by atoms with E-state index in [0.29, 0.717) is 22.9 Å². The average molecular weight is 290 g/mol. The molecule has 84 valence electrons. The molecule has 0 aliphatic heterocycles. The summed E-state index contributed by atoms with van der Waals surface area (Å²) in [5.74, 6) is 0.855. The second-order valence-corrected chi connectivity index (χ2v) is 4.19. The van der Waals surface area contributed by atoms with E-state index in [4.69, 9.17) is 15.7 Å². The van der Waals surface area contributed by atoms with Gasteiger partial charge in [0, 0.05) is 16.7 Å². The van der Waals surface area contributed by atoms with Gasteiger partial charge in [0.25, 0.3) is 0 Å². The van der Waals surface area contributed by atoms with E-state index >= 15 is 0 Å². The number of benzene rings is 1. The standard InChI is InChI=1S/C12H8BrN3O/c13-9-1-2-11(10(15)6-9)17-12-5-8(7-14)3-4-16-12/h1-6H,15H2. The number of hydrogen-bond acceptors (Lipinski definition) is 4. The van der Waals surface area contributed by atoms with Gasteiger partial charge in [0.2, 0.25) is 5.88 Å². The van der Waals surface area contributed by atoms with Crippen LogP contribution < -0.4 is 10.5 Å². The number of anilines is 1. The first kappa shape index (κ1) is 11.4. The summed E-state index contributed by atoms with van der Waals surface area (Å²) in [5.41, 5.74) is 6.79. The van der Waals surface area contributed by atoms with Crippen molar-refractivity contribution in [2.45, 2.75) is 0 Å². The summed E-state index contributed by atoms with van der Waals surface area (Å²) in [4.78, 5) is 4.01. The highest BCUT2D eigenvalue weighted by Crippen LogP contribution is 2.29. The predicted octanol–water partition coefficient (Wildman–Crippen LogP) is 3.09. The zero-order chi connectivity index (χ0) is 12.3. The number of hydrogen-bond donors (Lipinski definition) is 1. The highest BCUT2D eigenvalue weighted by atomic mass is 79.9. The van der Waals surface area contributed by atoms with Gasteiger partial charge < -0.3 is 10.5 Å². The number of halogens is 1. The van der Waals surface area contributed by atoms with Gasteiger partial charge in [-0.05, 0) is 24.3 Å². The van der Waals surface area contributed by atoms with Crippen molar-refractivity contribution in [1.82, 2.24) is 4.98 Å². The summed E-state index contributed by atoms with van der Waals surface area (Å²) in [7, 11) is 0. The van der Waals surface area contributed by atoms with Crippen LogP contribution >= 0.6 is 15.9 Å². The maximum absolute atomic E-state index is 8.75. The van der Waals surface area contributed by atoms with Crippen LogP contribution in [0.15, 0.2) is 41.0 Å². The Balaban J connectivity index is 2.28. The molecule has 0 atom stereocenters. The molecule has 0 bridgehead atoms. The van der Waals surface area contributed by atoms with Crippen LogP contribution in [0, 0.1) is 11.3 Å². The Morgan fingerprint density at radius 1 is 1.29 bits per heavy atom. The molecule has 0 fully saturated rings. The van der Waals surface area contributed by atoms with E-state index in [1.807, 2.05) is 12.1 Å². The van der Waals surface area contributed by atoms with Crippen molar-refractivity contribution in [3.63, 3.8) is 0 Å². The lowest BCUT2D eigenvalue weighted by molar-refractivity contribution is 0.465. The third-order valence-corrected chi connectivity index (χ3v) is 2.54. The number of ether oxygens (including phenoxy) is 1. The predicted molar refractivity (Wildman–Crippen MR) is 67.6 cm³/mol. The third kappa shape index (κ3) is 2.74. The molecule has 2 N–H and O–H groups in total. The van der Waals surface area contributed by atoms with E-state index in [1.165, 1.54) is 6.20 Å². The Morgan fingerprint density at radius 2 is 2.12 bits per heavy atom. The Morgan fingerprint density at radius 3 is 2.82 bits per heavy atom. The van der Waals surface area contributed by atoms with Crippen LogP contribution in [0.5, 0.6) is 11.6 Å². The Bertz CT molecular complexity index is 593. The van der Waals surface area contributed by atoms with Crippen molar-refractivity contribution in [3.05, 3.63) is 46.6 Å². The number of pyridine rings is 1. The number of rotatable bonds is 2. The molecule has 0 unspecified atom stereocenters. The fraction of sp³-hybridized carbons (Fsp3) is 0. The van der Waals surface area contributed by atoms with Gasteiger partial charge in [0.15, 0.2) is 5.75 Å². The molecule has 0 radical (unpaired) electrons. The fourth-order valence-corrected chi connectivity index (χ4v) is 1.64. The zero-order valence-electron chi connectivity index (χ0n) is 8.72. The minimum atomic E-state index is 0.345. The lowest BCUT2D eigenvalue weighted by Gasteiger charge is -2.07. The smallest absolute Gasteiger partial charge is 0.220 e. The first-order valence-electron chi connectivity index (χ1n) is 4.78. The fourth-order valence-electron chi connectivity index (χ4n) is 1.26. The van der Waals surface area contributed by atoms with Gasteiger partial charge in [-0.3, -0.25) is 0 Å². The zero-order valence-corrected chi connectivity index (χ0v) is 10.3. The first-order chi connectivity index (χ1) is 8.19. The van der Waals surface area contributed by atoms with Gasteiger partial charge in [-0.1, -0.05) is 15.9 Å². The minimum absolute atomic E-state index is 0.345. The van der Waals surface area contributed by atoms with Crippen molar-refractivity contribution >= 4 is 21.6 Å². The Hall–Kier alpha value is -2.06. The molecule has 2 aromatic rings. The topological polar surface area (TPSA) is 71.9 Å². The van der Waals surface area contributed by atoms with Crippen LogP contribution in [0.2, 0.25) is 0 Å². The molecule has 1 aromatic carbocycles. The molecular formula is C12H8BrN3O. The van der Waals surface area contributed by atoms with Gasteiger partial charge in [-0.2, -0.15) is 5.26 Å². The lowest BCUT2D eigenvalue weighted by atomic mass is 10.3. The van der Waals surface area contributed by atoms with E-state index in [1.54, 1.807) is 24.3 Å². The molecule has 0 saturated heterocycles. The number of nitrogen functional groups attached to an aromatic ring is 1. The molecule has 0 spiro atoms. The van der Waals surface area contributed by atoms with Crippen LogP contribution in [0.1, 0.15) is 5.56 Å². The quantitative estimate of drug-likeness (QED) is 0.863. The summed E-state index contributed by atoms with van der Waals surface area (Å²) in [6, 6.07) is 10.5. The lowest BCUT2D eigenvalue weighted by Crippen LogP contribution is -1.93. The second-order valence-electron chi connectivity index (χ2n) is 3.28. The number of nitrogens with two attached hydrogens (primary N) is 1. The third-order valence-electron chi connectivity index (χ3n) is 2.05. The maximum atomic E-state index is 8.75. The van der Waals surface area contributed by atoms with Gasteiger partial charge in [-0.15, -0.1) is 0 Å². The molecule has 2 rings (SSSR count). The summed E-state index contributed by atoms with van der Waals surface area (Å²) in [5, 5.41) is 8.75. The summed E-state index contributed by atoms with van der Waals surface area (Å²) >= 11 is 3.31. The summed E-state index contributed by atoms with van der Waals surface area (Å²) in [6.07, 6.45) is 1.52. The van der Waals surface area contributed by atoms with E-state index in [2.05, 4.69) is 20.9 Å². The molecule has 0 aliphatic rings. The van der Waals surface area contributed by atoms with Crippen molar-refractivity contribution in [2.75, 3.05) is 5.73 Å². The number of aromatic nitrogens is 1. The van der Waals surface area contributed by atoms with Crippen LogP contribution in [0.25, 0.3) is 0 Å². The highest BCUT2D eigenvalue weighted by molar-refractivity contribution is 9.10. The highest BCUT2D eigenvalue weighted by Gasteiger charge is 2.04. The van der Waals surface area contributed by atoms with Crippen molar-refractivity contribution < 1.29 is 4.74 Å². The van der Waals surface area contributed by atoms with Crippen LogP contribution in [0.4, 0.5) is 5.69 Å². The van der Waals surface area contributed by atoms with Crippen LogP contribution in [0.3, 0.4) is 0 Å². The number of nitriles is 1. The monoisotopic (exact) mass is 289 g/mol. The van der Waals surface area contributed by atoms with Gasteiger partial charge in [-0.25, -0.2) is 4.98 Å². The van der Waals surface area contributed by atoms with E-state index in [0.717, 1.165) is 4.47 Å². The summed E-state index contributed by atoms with van der Waals surface area (Å²) < 4.78 is 6.37. The SMILES string of the molecule is N#Cc1ccnc(Oc2ccc(Br)cc2N)c1. The molecular weight excluding hydrogens is 282 g/mol. The molecule has 4 nitrogen and oxygen atoms in total. The largest absolute Gasteiger partial charge is 0.437 e. The van der Waals surface area contributed by atoms with Crippen molar-refractivity contribution in [3.8, 4) is 17.7 Å². The van der Waals surface area contributed by atoms with Gasteiger partial charge >= 0.3 is 0 Å². The molecule has 0 aliphatic carbocycles. The normalized spacial score (nSPS) is 9.65. The Labute approximate surface area is 107 Å². The van der Waals surface area contributed by atoms with Crippen LogP contribution in [-0.2, 0) is 0 Å². The summed E-state index contributed by atoms with van der Waals surface area (Å²) in [6.45, 7) is 0. The maximum Gasteiger partial charge on any atom is 0.220 e. The molecule has 5 heteroatoms. The van der Waals surface area contributed by atoms with Crippen molar-refractivity contribution in [1.29, 1.82) is 5.26 Å². The minimum Gasteiger partial charge on any atom is -0.437 e. The first-order valence-corrected chi connectivity index (χ1v) is 5.57. The Kier molecular flexibility index (Phi) is 3.26. The second kappa shape index (κ2) is 4.85. The van der Waals surface area contributed by atoms with Gasteiger partial charge in [0.05, 0.1) is 17.3 Å². The van der Waals surface area contributed by atoms with E-state index < -0.39 is 0 Å². The van der Waals surface area contributed by atoms with Gasteiger partial charge in [0.1, 0.15) is 0 Å². The molecule has 0 saturated carbocycles. The molecule has 1 aromatic heterocycles. The van der Waals surface area contributed by atoms with E-state index in [9.17, 15) is 0 Å². The van der Waals surface area contributed by atoms with Crippen LogP contribution in [-0.4, -0.2) is 4.98 Å². The molecule has 1 heterocycles. The average Bonchev–Trinajstić information content (AvgIpc) is 2.33. The molecule has 0 amide bonds. The van der Waals surface area contributed by atoms with Crippen molar-refractivity contribution in [2.24, 2.45) is 0 Å². The van der Waals surface area contributed by atoms with E-state index in [-0.39, 0.29) is 0 Å². The number of nitrogens with zero attached hydrogens (tertiary/aromatic N) is 2.